The Hall–Kier alpha value is -2.14. The van der Waals surface area contributed by atoms with Gasteiger partial charge < -0.3 is 20.3 Å². The van der Waals surface area contributed by atoms with Gasteiger partial charge in [0.1, 0.15) is 6.10 Å². The van der Waals surface area contributed by atoms with Crippen LogP contribution in [0.25, 0.3) is 0 Å². The lowest BCUT2D eigenvalue weighted by Gasteiger charge is -2.34. The van der Waals surface area contributed by atoms with Gasteiger partial charge >= 0.3 is 0 Å². The van der Waals surface area contributed by atoms with Crippen LogP contribution in [-0.2, 0) is 11.8 Å². The second kappa shape index (κ2) is 11.9. The molecule has 0 spiro atoms. The van der Waals surface area contributed by atoms with Crippen LogP contribution in [0.15, 0.2) is 41.7 Å². The number of ether oxygens (including phenoxy) is 1. The van der Waals surface area contributed by atoms with Crippen LogP contribution >= 0.6 is 24.0 Å². The van der Waals surface area contributed by atoms with Crippen molar-refractivity contribution < 1.29 is 9.53 Å². The largest absolute Gasteiger partial charge is 0.370 e. The minimum absolute atomic E-state index is 0. The van der Waals surface area contributed by atoms with Gasteiger partial charge in [-0.15, -0.1) is 24.0 Å². The summed E-state index contributed by atoms with van der Waals surface area (Å²) < 4.78 is 7.70. The minimum atomic E-state index is -0.0723. The van der Waals surface area contributed by atoms with Gasteiger partial charge in [0.05, 0.1) is 25.9 Å². The summed E-state index contributed by atoms with van der Waals surface area (Å²) in [5.41, 5.74) is 2.81. The van der Waals surface area contributed by atoms with E-state index in [9.17, 15) is 4.79 Å². The molecular formula is C21H31IN6O2. The fourth-order valence-electron chi connectivity index (χ4n) is 3.30. The number of benzene rings is 1. The van der Waals surface area contributed by atoms with Crippen molar-refractivity contribution >= 4 is 35.8 Å². The summed E-state index contributed by atoms with van der Waals surface area (Å²) in [7, 11) is 1.90. The van der Waals surface area contributed by atoms with Gasteiger partial charge in [0, 0.05) is 44.0 Å². The molecule has 0 radical (unpaired) electrons. The summed E-state index contributed by atoms with van der Waals surface area (Å²) in [4.78, 5) is 19.2. The van der Waals surface area contributed by atoms with Gasteiger partial charge in [0.25, 0.3) is 5.91 Å². The zero-order chi connectivity index (χ0) is 20.6. The highest BCUT2D eigenvalue weighted by Crippen LogP contribution is 2.21. The number of aromatic nitrogens is 2. The van der Waals surface area contributed by atoms with E-state index in [0.717, 1.165) is 30.2 Å². The molecule has 0 saturated carbocycles. The fraction of sp³-hybridized carbons (Fsp3) is 0.476. The Kier molecular flexibility index (Phi) is 9.57. The van der Waals surface area contributed by atoms with Crippen molar-refractivity contribution in [2.75, 3.05) is 39.3 Å². The molecule has 2 aromatic rings. The van der Waals surface area contributed by atoms with Crippen molar-refractivity contribution in [1.29, 1.82) is 0 Å². The molecular weight excluding hydrogens is 495 g/mol. The summed E-state index contributed by atoms with van der Waals surface area (Å²) in [5, 5.41) is 10.5. The van der Waals surface area contributed by atoms with E-state index in [4.69, 9.17) is 9.73 Å². The molecule has 3 rings (SSSR count). The smallest absolute Gasteiger partial charge is 0.251 e. The zero-order valence-electron chi connectivity index (χ0n) is 17.8. The van der Waals surface area contributed by atoms with E-state index in [1.54, 1.807) is 4.68 Å². The number of hydrogen-bond acceptors (Lipinski definition) is 4. The Labute approximate surface area is 195 Å². The van der Waals surface area contributed by atoms with Gasteiger partial charge in [0.15, 0.2) is 5.96 Å². The fourth-order valence-corrected chi connectivity index (χ4v) is 3.30. The molecule has 0 bridgehead atoms. The zero-order valence-corrected chi connectivity index (χ0v) is 20.1. The Morgan fingerprint density at radius 2 is 2.20 bits per heavy atom. The first-order valence-corrected chi connectivity index (χ1v) is 10.0. The van der Waals surface area contributed by atoms with E-state index < -0.39 is 0 Å². The molecule has 1 saturated heterocycles. The van der Waals surface area contributed by atoms with E-state index in [1.807, 2.05) is 57.6 Å². The molecule has 1 aromatic heterocycles. The number of amides is 1. The normalized spacial score (nSPS) is 16.7. The molecule has 1 fully saturated rings. The number of nitrogens with zero attached hydrogens (tertiary/aromatic N) is 4. The number of nitrogens with one attached hydrogen (secondary N) is 2. The summed E-state index contributed by atoms with van der Waals surface area (Å²) in [6.07, 6.45) is 3.81. The maximum Gasteiger partial charge on any atom is 0.251 e. The Morgan fingerprint density at radius 3 is 2.90 bits per heavy atom. The highest BCUT2D eigenvalue weighted by Gasteiger charge is 2.25. The molecule has 9 heteroatoms. The number of guanidine groups is 1. The number of aliphatic imine (C=N–C) groups is 1. The van der Waals surface area contributed by atoms with Gasteiger partial charge in [0.2, 0.25) is 0 Å². The van der Waals surface area contributed by atoms with Crippen LogP contribution in [0.2, 0.25) is 0 Å². The molecule has 1 atom stereocenters. The first-order valence-electron chi connectivity index (χ1n) is 10.0. The summed E-state index contributed by atoms with van der Waals surface area (Å²) in [6, 6.07) is 7.57. The molecule has 8 nitrogen and oxygen atoms in total. The SMILES string of the molecule is CCNC(=NCCNC(=O)c1cccc(C)c1)N1CCOC(c2cnn(C)c2)C1.I. The van der Waals surface area contributed by atoms with Gasteiger partial charge in [-0.2, -0.15) is 5.10 Å². The lowest BCUT2D eigenvalue weighted by molar-refractivity contribution is -0.00803. The second-order valence-electron chi connectivity index (χ2n) is 7.11. The van der Waals surface area contributed by atoms with Crippen LogP contribution in [0.5, 0.6) is 0 Å². The highest BCUT2D eigenvalue weighted by molar-refractivity contribution is 14.0. The van der Waals surface area contributed by atoms with E-state index in [2.05, 4.69) is 20.6 Å². The van der Waals surface area contributed by atoms with E-state index in [-0.39, 0.29) is 36.0 Å². The third-order valence-corrected chi connectivity index (χ3v) is 4.74. The molecule has 1 aliphatic rings. The average Bonchev–Trinajstić information content (AvgIpc) is 3.16. The average molecular weight is 526 g/mol. The maximum atomic E-state index is 12.3. The highest BCUT2D eigenvalue weighted by atomic mass is 127. The lowest BCUT2D eigenvalue weighted by Crippen LogP contribution is -2.48. The quantitative estimate of drug-likeness (QED) is 0.261. The van der Waals surface area contributed by atoms with Gasteiger partial charge in [-0.1, -0.05) is 17.7 Å². The van der Waals surface area contributed by atoms with Crippen molar-refractivity contribution in [2.45, 2.75) is 20.0 Å². The Balaban J connectivity index is 0.00000320. The summed E-state index contributed by atoms with van der Waals surface area (Å²) in [5.74, 6) is 0.770. The predicted molar refractivity (Wildman–Crippen MR) is 128 cm³/mol. The molecule has 30 heavy (non-hydrogen) atoms. The summed E-state index contributed by atoms with van der Waals surface area (Å²) in [6.45, 7) is 7.93. The molecule has 164 valence electrons. The second-order valence-corrected chi connectivity index (χ2v) is 7.11. The Morgan fingerprint density at radius 1 is 1.37 bits per heavy atom. The number of hydrogen-bond donors (Lipinski definition) is 2. The molecule has 1 aromatic carbocycles. The van der Waals surface area contributed by atoms with Crippen LogP contribution < -0.4 is 10.6 Å². The maximum absolute atomic E-state index is 12.3. The Bertz CT molecular complexity index is 854. The van der Waals surface area contributed by atoms with Crippen molar-refractivity contribution in [3.63, 3.8) is 0 Å². The van der Waals surface area contributed by atoms with Crippen LogP contribution in [0, 0.1) is 6.92 Å². The van der Waals surface area contributed by atoms with Crippen molar-refractivity contribution in [2.24, 2.45) is 12.0 Å². The van der Waals surface area contributed by atoms with Crippen LogP contribution in [0.3, 0.4) is 0 Å². The van der Waals surface area contributed by atoms with Gasteiger partial charge in [-0.3, -0.25) is 14.5 Å². The molecule has 0 aliphatic carbocycles. The van der Waals surface area contributed by atoms with Crippen LogP contribution in [-0.4, -0.2) is 65.9 Å². The number of morpholine rings is 1. The number of halogens is 1. The van der Waals surface area contributed by atoms with E-state index in [0.29, 0.717) is 31.8 Å². The van der Waals surface area contributed by atoms with Gasteiger partial charge in [-0.05, 0) is 26.0 Å². The van der Waals surface area contributed by atoms with E-state index >= 15 is 0 Å². The van der Waals surface area contributed by atoms with Gasteiger partial charge in [-0.25, -0.2) is 0 Å². The molecule has 1 amide bonds. The van der Waals surface area contributed by atoms with Crippen LogP contribution in [0.1, 0.15) is 34.5 Å². The van der Waals surface area contributed by atoms with Crippen molar-refractivity contribution in [1.82, 2.24) is 25.3 Å². The number of carbonyl (C=O) groups excluding carboxylic acids is 1. The summed E-state index contributed by atoms with van der Waals surface area (Å²) >= 11 is 0. The molecule has 1 aliphatic heterocycles. The van der Waals surface area contributed by atoms with Crippen molar-refractivity contribution in [3.05, 3.63) is 53.3 Å². The first kappa shape index (κ1) is 24.1. The van der Waals surface area contributed by atoms with E-state index in [1.165, 1.54) is 0 Å². The molecule has 1 unspecified atom stereocenters. The number of carbonyl (C=O) groups is 1. The third-order valence-electron chi connectivity index (χ3n) is 4.74. The lowest BCUT2D eigenvalue weighted by atomic mass is 10.1. The first-order chi connectivity index (χ1) is 14.1. The monoisotopic (exact) mass is 526 g/mol. The number of rotatable bonds is 6. The topological polar surface area (TPSA) is 83.8 Å². The molecule has 2 N–H and O–H groups in total. The predicted octanol–water partition coefficient (Wildman–Crippen LogP) is 2.12. The van der Waals surface area contributed by atoms with Crippen LogP contribution in [0.4, 0.5) is 0 Å². The standard InChI is InChI=1S/C21H30N6O2.HI/c1-4-22-21(24-9-8-23-20(28)17-7-5-6-16(2)12-17)27-10-11-29-19(15-27)18-13-25-26(3)14-18;/h5-7,12-14,19H,4,8-11,15H2,1-3H3,(H,22,24)(H,23,28);1H. The number of aryl methyl sites for hydroxylation is 2. The minimum Gasteiger partial charge on any atom is -0.370 e. The third kappa shape index (κ3) is 6.69. The van der Waals surface area contributed by atoms with Crippen molar-refractivity contribution in [3.8, 4) is 0 Å². The molecule has 2 heterocycles.